The predicted octanol–water partition coefficient (Wildman–Crippen LogP) is 2.42. The first kappa shape index (κ1) is 18.0. The lowest BCUT2D eigenvalue weighted by Gasteiger charge is -2.07. The van der Waals surface area contributed by atoms with Crippen molar-refractivity contribution in [1.29, 1.82) is 0 Å². The van der Waals surface area contributed by atoms with E-state index in [4.69, 9.17) is 5.73 Å². The van der Waals surface area contributed by atoms with Crippen molar-refractivity contribution in [3.63, 3.8) is 0 Å². The first-order valence-electron chi connectivity index (χ1n) is 7.75. The summed E-state index contributed by atoms with van der Waals surface area (Å²) < 4.78 is 28.2. The number of unbranched alkanes of at least 4 members (excludes halogenated alkanes) is 7. The van der Waals surface area contributed by atoms with E-state index in [2.05, 4.69) is 16.6 Å². The molecule has 0 saturated carbocycles. The van der Waals surface area contributed by atoms with Gasteiger partial charge in [-0.05, 0) is 6.42 Å². The fourth-order valence-electron chi connectivity index (χ4n) is 2.30. The van der Waals surface area contributed by atoms with Gasteiger partial charge in [0.25, 0.3) is 10.0 Å². The van der Waals surface area contributed by atoms with E-state index in [1.165, 1.54) is 49.4 Å². The molecule has 6 nitrogen and oxygen atoms in total. The van der Waals surface area contributed by atoms with E-state index in [0.717, 1.165) is 12.8 Å². The zero-order chi connectivity index (χ0) is 15.7. The van der Waals surface area contributed by atoms with E-state index in [1.54, 1.807) is 7.05 Å². The number of aromatic nitrogens is 2. The number of hydrogen-bond donors (Lipinski definition) is 2. The molecule has 0 aliphatic carbocycles. The Balaban J connectivity index is 2.21. The van der Waals surface area contributed by atoms with Crippen LogP contribution in [0, 0.1) is 0 Å². The molecule has 0 amide bonds. The van der Waals surface area contributed by atoms with E-state index in [1.807, 2.05) is 0 Å². The molecule has 3 N–H and O–H groups in total. The second-order valence-electron chi connectivity index (χ2n) is 5.42. The second kappa shape index (κ2) is 9.04. The molecule has 0 unspecified atom stereocenters. The maximum atomic E-state index is 12.1. The Morgan fingerprint density at radius 2 is 1.71 bits per heavy atom. The van der Waals surface area contributed by atoms with Crippen LogP contribution in [0.3, 0.4) is 0 Å². The molecule has 1 aromatic rings. The van der Waals surface area contributed by atoms with Crippen LogP contribution in [0.1, 0.15) is 58.3 Å². The lowest BCUT2D eigenvalue weighted by atomic mass is 10.1. The molecule has 0 atom stereocenters. The molecule has 122 valence electrons. The molecule has 0 aliphatic heterocycles. The molecule has 21 heavy (non-hydrogen) atoms. The van der Waals surface area contributed by atoms with E-state index in [9.17, 15) is 8.42 Å². The molecule has 0 spiro atoms. The Kier molecular flexibility index (Phi) is 7.74. The number of rotatable bonds is 11. The van der Waals surface area contributed by atoms with Crippen molar-refractivity contribution >= 4 is 15.8 Å². The summed E-state index contributed by atoms with van der Waals surface area (Å²) in [5.74, 6) is 0.0425. The Morgan fingerprint density at radius 3 is 2.24 bits per heavy atom. The normalized spacial score (nSPS) is 11.9. The third-order valence-electron chi connectivity index (χ3n) is 3.49. The van der Waals surface area contributed by atoms with Gasteiger partial charge in [0.1, 0.15) is 0 Å². The number of imidazole rings is 1. The molecule has 7 heteroatoms. The van der Waals surface area contributed by atoms with Crippen LogP contribution >= 0.6 is 0 Å². The Morgan fingerprint density at radius 1 is 1.14 bits per heavy atom. The second-order valence-corrected chi connectivity index (χ2v) is 7.10. The Bertz CT molecular complexity index is 492. The SMILES string of the molecule is CCCCCCCCCCNS(=O)(=O)c1c(N)ncn1C. The maximum absolute atomic E-state index is 12.1. The van der Waals surface area contributed by atoms with Crippen molar-refractivity contribution in [3.05, 3.63) is 6.33 Å². The van der Waals surface area contributed by atoms with Crippen molar-refractivity contribution in [2.45, 2.75) is 63.3 Å². The van der Waals surface area contributed by atoms with Gasteiger partial charge in [-0.25, -0.2) is 18.1 Å². The largest absolute Gasteiger partial charge is 0.381 e. The zero-order valence-electron chi connectivity index (χ0n) is 13.1. The fraction of sp³-hybridized carbons (Fsp3) is 0.786. The molecule has 0 saturated heterocycles. The summed E-state index contributed by atoms with van der Waals surface area (Å²) in [6.45, 7) is 2.66. The Hall–Kier alpha value is -1.08. The van der Waals surface area contributed by atoms with E-state index >= 15 is 0 Å². The first-order chi connectivity index (χ1) is 9.99. The third kappa shape index (κ3) is 6.05. The molecule has 0 fully saturated rings. The average molecular weight is 316 g/mol. The van der Waals surface area contributed by atoms with Gasteiger partial charge in [-0.1, -0.05) is 51.9 Å². The van der Waals surface area contributed by atoms with Gasteiger partial charge in [0.2, 0.25) is 0 Å². The number of hydrogen-bond acceptors (Lipinski definition) is 4. The first-order valence-corrected chi connectivity index (χ1v) is 9.23. The Labute approximate surface area is 128 Å². The highest BCUT2D eigenvalue weighted by molar-refractivity contribution is 7.89. The van der Waals surface area contributed by atoms with Crippen LogP contribution in [-0.2, 0) is 17.1 Å². The smallest absolute Gasteiger partial charge is 0.260 e. The minimum absolute atomic E-state index is 0.0425. The van der Waals surface area contributed by atoms with Gasteiger partial charge in [0, 0.05) is 13.6 Å². The minimum Gasteiger partial charge on any atom is -0.381 e. The predicted molar refractivity (Wildman–Crippen MR) is 85.4 cm³/mol. The molecule has 0 radical (unpaired) electrons. The van der Waals surface area contributed by atoms with Gasteiger partial charge in [0.15, 0.2) is 10.8 Å². The highest BCUT2D eigenvalue weighted by Gasteiger charge is 2.21. The summed E-state index contributed by atoms with van der Waals surface area (Å²) in [4.78, 5) is 3.80. The van der Waals surface area contributed by atoms with Crippen molar-refractivity contribution in [2.24, 2.45) is 7.05 Å². The van der Waals surface area contributed by atoms with Gasteiger partial charge in [0.05, 0.1) is 6.33 Å². The highest BCUT2D eigenvalue weighted by atomic mass is 32.2. The van der Waals surface area contributed by atoms with Gasteiger partial charge >= 0.3 is 0 Å². The van der Waals surface area contributed by atoms with Crippen molar-refractivity contribution in [2.75, 3.05) is 12.3 Å². The van der Waals surface area contributed by atoms with E-state index in [-0.39, 0.29) is 10.8 Å². The summed E-state index contributed by atoms with van der Waals surface area (Å²) in [5, 5.41) is 0.0436. The summed E-state index contributed by atoms with van der Waals surface area (Å²) in [5.41, 5.74) is 5.59. The molecule has 1 aromatic heterocycles. The standard InChI is InChI=1S/C14H28N4O2S/c1-3-4-5-6-7-8-9-10-11-17-21(19,20)14-13(15)16-12-18(14)2/h12,17H,3-11,15H2,1-2H3. The molecule has 0 aliphatic rings. The molecule has 1 rings (SSSR count). The highest BCUT2D eigenvalue weighted by Crippen LogP contribution is 2.15. The number of sulfonamides is 1. The van der Waals surface area contributed by atoms with Crippen LogP contribution in [0.15, 0.2) is 11.4 Å². The third-order valence-corrected chi connectivity index (χ3v) is 5.08. The number of nitrogens with zero attached hydrogens (tertiary/aromatic N) is 2. The van der Waals surface area contributed by atoms with Gasteiger partial charge in [-0.2, -0.15) is 0 Å². The molecule has 0 aromatic carbocycles. The topological polar surface area (TPSA) is 90.0 Å². The van der Waals surface area contributed by atoms with E-state index < -0.39 is 10.0 Å². The summed E-state index contributed by atoms with van der Waals surface area (Å²) in [6.07, 6.45) is 10.9. The molecular weight excluding hydrogens is 288 g/mol. The number of nitrogens with two attached hydrogens (primary N) is 1. The van der Waals surface area contributed by atoms with Crippen LogP contribution < -0.4 is 10.5 Å². The number of anilines is 1. The van der Waals surface area contributed by atoms with Crippen molar-refractivity contribution in [1.82, 2.24) is 14.3 Å². The summed E-state index contributed by atoms with van der Waals surface area (Å²) >= 11 is 0. The van der Waals surface area contributed by atoms with Crippen LogP contribution in [0.2, 0.25) is 0 Å². The lowest BCUT2D eigenvalue weighted by Crippen LogP contribution is -2.27. The fourth-order valence-corrected chi connectivity index (χ4v) is 3.60. The van der Waals surface area contributed by atoms with Gasteiger partial charge < -0.3 is 10.3 Å². The summed E-state index contributed by atoms with van der Waals surface area (Å²) in [7, 11) is -1.94. The van der Waals surface area contributed by atoms with Crippen LogP contribution in [0.4, 0.5) is 5.82 Å². The summed E-state index contributed by atoms with van der Waals surface area (Å²) in [6, 6.07) is 0. The van der Waals surface area contributed by atoms with Crippen LogP contribution in [0.5, 0.6) is 0 Å². The van der Waals surface area contributed by atoms with E-state index in [0.29, 0.717) is 6.54 Å². The monoisotopic (exact) mass is 316 g/mol. The molecule has 1 heterocycles. The molecular formula is C14H28N4O2S. The van der Waals surface area contributed by atoms with Crippen LogP contribution in [-0.4, -0.2) is 24.5 Å². The number of aryl methyl sites for hydroxylation is 1. The van der Waals surface area contributed by atoms with Crippen molar-refractivity contribution in [3.8, 4) is 0 Å². The van der Waals surface area contributed by atoms with Crippen molar-refractivity contribution < 1.29 is 8.42 Å². The van der Waals surface area contributed by atoms with Gasteiger partial charge in [-0.3, -0.25) is 0 Å². The maximum Gasteiger partial charge on any atom is 0.260 e. The number of nitrogen functional groups attached to an aromatic ring is 1. The average Bonchev–Trinajstić information content (AvgIpc) is 2.77. The number of nitrogens with one attached hydrogen (secondary N) is 1. The van der Waals surface area contributed by atoms with Crippen LogP contribution in [0.25, 0.3) is 0 Å². The lowest BCUT2D eigenvalue weighted by molar-refractivity contribution is 0.554. The zero-order valence-corrected chi connectivity index (χ0v) is 14.0. The van der Waals surface area contributed by atoms with Gasteiger partial charge in [-0.15, -0.1) is 0 Å². The quantitative estimate of drug-likeness (QED) is 0.613. The molecule has 0 bridgehead atoms. The minimum atomic E-state index is -3.56.